The number of imidazole rings is 1. The van der Waals surface area contributed by atoms with Crippen molar-refractivity contribution in [3.05, 3.63) is 48.7 Å². The molecule has 3 rings (SSSR count). The zero-order valence-electron chi connectivity index (χ0n) is 18.8. The van der Waals surface area contributed by atoms with Crippen LogP contribution in [0.5, 0.6) is 0 Å². The number of nitrogens with zero attached hydrogens (tertiary/aromatic N) is 5. The molecule has 0 unspecified atom stereocenters. The zero-order chi connectivity index (χ0) is 24.1. The first-order valence-electron chi connectivity index (χ1n) is 10.2. The van der Waals surface area contributed by atoms with Crippen molar-refractivity contribution in [2.75, 3.05) is 16.8 Å². The summed E-state index contributed by atoms with van der Waals surface area (Å²) in [5.74, 6) is -0.382. The number of aliphatic hydroxyl groups is 1. The Morgan fingerprint density at radius 2 is 2.03 bits per heavy atom. The summed E-state index contributed by atoms with van der Waals surface area (Å²) < 4.78 is 7.94. The van der Waals surface area contributed by atoms with Crippen LogP contribution in [0, 0.1) is 6.92 Å². The predicted octanol–water partition coefficient (Wildman–Crippen LogP) is 1.95. The van der Waals surface area contributed by atoms with Crippen LogP contribution in [-0.2, 0) is 21.4 Å². The van der Waals surface area contributed by atoms with Crippen LogP contribution >= 0.6 is 0 Å². The first kappa shape index (κ1) is 23.7. The molecule has 11 heteroatoms. The number of aliphatic hydroxyl groups excluding tert-OH is 1. The van der Waals surface area contributed by atoms with Crippen LogP contribution in [-0.4, -0.2) is 61.6 Å². The molecule has 1 aromatic carbocycles. The molecule has 0 radical (unpaired) electrons. The van der Waals surface area contributed by atoms with Crippen LogP contribution in [0.1, 0.15) is 19.7 Å². The van der Waals surface area contributed by atoms with Crippen LogP contribution in [0.15, 0.2) is 42.9 Å². The van der Waals surface area contributed by atoms with Crippen molar-refractivity contribution < 1.29 is 24.2 Å². The van der Waals surface area contributed by atoms with Crippen LogP contribution in [0.3, 0.4) is 0 Å². The first-order valence-corrected chi connectivity index (χ1v) is 10.2. The minimum atomic E-state index is -1.54. The molecule has 0 saturated carbocycles. The number of carbonyl (C=O) groups excluding carboxylic acids is 3. The standard InChI is InChI=1S/C22H26N6O5/c1-14(2)33-22(32)28-12-20(24-15(28)3)25-21(31)19(30)11-27(13-29)18-7-5-6-16(8-18)17-9-23-26(4)10-17/h5-10,12-14,19,30H,11H2,1-4H3,(H,25,31)/t19-/m1/s1. The number of anilines is 2. The number of aromatic nitrogens is 4. The van der Waals surface area contributed by atoms with Gasteiger partial charge >= 0.3 is 6.09 Å². The normalized spacial score (nSPS) is 11.8. The second-order valence-electron chi connectivity index (χ2n) is 7.69. The predicted molar refractivity (Wildman–Crippen MR) is 121 cm³/mol. The lowest BCUT2D eigenvalue weighted by Gasteiger charge is -2.21. The monoisotopic (exact) mass is 454 g/mol. The van der Waals surface area contributed by atoms with E-state index in [1.54, 1.807) is 56.9 Å². The number of ether oxygens (including phenoxy) is 1. The summed E-state index contributed by atoms with van der Waals surface area (Å²) in [6.45, 7) is 4.74. The van der Waals surface area contributed by atoms with E-state index in [9.17, 15) is 19.5 Å². The molecule has 0 fully saturated rings. The van der Waals surface area contributed by atoms with Gasteiger partial charge in [-0.25, -0.2) is 14.3 Å². The Morgan fingerprint density at radius 1 is 1.27 bits per heavy atom. The fourth-order valence-corrected chi connectivity index (χ4v) is 3.10. The molecule has 174 valence electrons. The smallest absolute Gasteiger partial charge is 0.419 e. The third-order valence-electron chi connectivity index (χ3n) is 4.68. The van der Waals surface area contributed by atoms with Crippen molar-refractivity contribution in [3.8, 4) is 11.1 Å². The van der Waals surface area contributed by atoms with Crippen LogP contribution in [0.4, 0.5) is 16.3 Å². The highest BCUT2D eigenvalue weighted by Crippen LogP contribution is 2.24. The Kier molecular flexibility index (Phi) is 7.23. The Bertz CT molecular complexity index is 1150. The Hall–Kier alpha value is -3.99. The number of carbonyl (C=O) groups is 3. The fourth-order valence-electron chi connectivity index (χ4n) is 3.10. The second-order valence-corrected chi connectivity index (χ2v) is 7.69. The number of nitrogens with one attached hydrogen (secondary N) is 1. The van der Waals surface area contributed by atoms with Gasteiger partial charge in [-0.1, -0.05) is 12.1 Å². The molecule has 2 heterocycles. The summed E-state index contributed by atoms with van der Waals surface area (Å²) in [4.78, 5) is 41.6. The summed E-state index contributed by atoms with van der Waals surface area (Å²) in [5, 5.41) is 17.0. The van der Waals surface area contributed by atoms with Gasteiger partial charge in [-0.05, 0) is 38.5 Å². The van der Waals surface area contributed by atoms with Crippen molar-refractivity contribution in [3.63, 3.8) is 0 Å². The van der Waals surface area contributed by atoms with Crippen molar-refractivity contribution >= 4 is 29.9 Å². The third-order valence-corrected chi connectivity index (χ3v) is 4.68. The Labute approximate surface area is 190 Å². The molecule has 2 N–H and O–H groups in total. The van der Waals surface area contributed by atoms with Gasteiger partial charge in [-0.2, -0.15) is 5.10 Å². The van der Waals surface area contributed by atoms with E-state index in [4.69, 9.17) is 4.74 Å². The van der Waals surface area contributed by atoms with E-state index in [0.717, 1.165) is 15.7 Å². The maximum atomic E-state index is 12.5. The van der Waals surface area contributed by atoms with Crippen molar-refractivity contribution in [2.45, 2.75) is 33.0 Å². The van der Waals surface area contributed by atoms with Crippen molar-refractivity contribution in [2.24, 2.45) is 7.05 Å². The van der Waals surface area contributed by atoms with Gasteiger partial charge in [-0.15, -0.1) is 0 Å². The van der Waals surface area contributed by atoms with E-state index in [1.165, 1.54) is 11.1 Å². The summed E-state index contributed by atoms with van der Waals surface area (Å²) in [7, 11) is 1.80. The van der Waals surface area contributed by atoms with Crippen LogP contribution in [0.2, 0.25) is 0 Å². The summed E-state index contributed by atoms with van der Waals surface area (Å²) >= 11 is 0. The molecule has 0 aliphatic carbocycles. The number of rotatable bonds is 8. The number of hydrogen-bond acceptors (Lipinski definition) is 7. The molecule has 33 heavy (non-hydrogen) atoms. The maximum absolute atomic E-state index is 12.5. The van der Waals surface area contributed by atoms with Gasteiger partial charge in [-0.3, -0.25) is 14.3 Å². The Balaban J connectivity index is 1.68. The quantitative estimate of drug-likeness (QED) is 0.497. The SMILES string of the molecule is Cc1nc(NC(=O)[C@H](O)CN(C=O)c2cccc(-c3cnn(C)c3)c2)cn1C(=O)OC(C)C. The molecule has 0 saturated heterocycles. The molecular weight excluding hydrogens is 428 g/mol. The summed E-state index contributed by atoms with van der Waals surface area (Å²) in [5.41, 5.74) is 2.21. The second kappa shape index (κ2) is 10.1. The molecule has 3 aromatic rings. The van der Waals surface area contributed by atoms with Gasteiger partial charge in [0.15, 0.2) is 11.9 Å². The molecule has 0 aliphatic heterocycles. The van der Waals surface area contributed by atoms with E-state index >= 15 is 0 Å². The number of aryl methyl sites for hydroxylation is 2. The summed E-state index contributed by atoms with van der Waals surface area (Å²) in [6, 6.07) is 7.10. The minimum absolute atomic E-state index is 0.0773. The van der Waals surface area contributed by atoms with Gasteiger partial charge in [0.25, 0.3) is 5.91 Å². The molecule has 2 aromatic heterocycles. The van der Waals surface area contributed by atoms with Gasteiger partial charge < -0.3 is 20.1 Å². The van der Waals surface area contributed by atoms with E-state index in [0.29, 0.717) is 17.9 Å². The highest BCUT2D eigenvalue weighted by Gasteiger charge is 2.22. The number of amides is 2. The lowest BCUT2D eigenvalue weighted by atomic mass is 10.1. The lowest BCUT2D eigenvalue weighted by molar-refractivity contribution is -0.123. The molecule has 2 amide bonds. The maximum Gasteiger partial charge on any atom is 0.419 e. The van der Waals surface area contributed by atoms with Crippen LogP contribution in [0.25, 0.3) is 11.1 Å². The van der Waals surface area contributed by atoms with Crippen molar-refractivity contribution in [1.82, 2.24) is 19.3 Å². The van der Waals surface area contributed by atoms with E-state index in [1.807, 2.05) is 12.3 Å². The fraction of sp³-hybridized carbons (Fsp3) is 0.318. The highest BCUT2D eigenvalue weighted by molar-refractivity contribution is 5.94. The van der Waals surface area contributed by atoms with Crippen molar-refractivity contribution in [1.29, 1.82) is 0 Å². The Morgan fingerprint density at radius 3 is 2.67 bits per heavy atom. The number of benzene rings is 1. The molecule has 0 spiro atoms. The van der Waals surface area contributed by atoms with E-state index in [2.05, 4.69) is 15.4 Å². The van der Waals surface area contributed by atoms with Gasteiger partial charge in [0.2, 0.25) is 6.41 Å². The third kappa shape index (κ3) is 5.83. The topological polar surface area (TPSA) is 132 Å². The summed E-state index contributed by atoms with van der Waals surface area (Å²) in [6.07, 6.45) is 2.90. The highest BCUT2D eigenvalue weighted by atomic mass is 16.6. The van der Waals surface area contributed by atoms with Gasteiger partial charge in [0, 0.05) is 24.5 Å². The average Bonchev–Trinajstić information content (AvgIpc) is 3.36. The first-order chi connectivity index (χ1) is 15.7. The number of hydrogen-bond donors (Lipinski definition) is 2. The van der Waals surface area contributed by atoms with Gasteiger partial charge in [0.05, 0.1) is 25.0 Å². The van der Waals surface area contributed by atoms with Gasteiger partial charge in [0.1, 0.15) is 5.82 Å². The molecule has 11 nitrogen and oxygen atoms in total. The molecule has 1 atom stereocenters. The minimum Gasteiger partial charge on any atom is -0.446 e. The van der Waals surface area contributed by atoms with E-state index in [-0.39, 0.29) is 18.5 Å². The largest absolute Gasteiger partial charge is 0.446 e. The zero-order valence-corrected chi connectivity index (χ0v) is 18.8. The molecular formula is C22H26N6O5. The average molecular weight is 454 g/mol. The molecule has 0 bridgehead atoms. The molecule has 0 aliphatic rings. The van der Waals surface area contributed by atoms with Crippen LogP contribution < -0.4 is 10.2 Å². The lowest BCUT2D eigenvalue weighted by Crippen LogP contribution is -2.39. The van der Waals surface area contributed by atoms with E-state index < -0.39 is 18.1 Å².